The van der Waals surface area contributed by atoms with Crippen molar-refractivity contribution in [2.75, 3.05) is 13.2 Å². The zero-order valence-electron chi connectivity index (χ0n) is 41.3. The zero-order valence-corrected chi connectivity index (χ0v) is 41.3. The first-order valence-corrected chi connectivity index (χ1v) is 26.4. The molecule has 0 bridgehead atoms. The maximum absolute atomic E-state index is 12.8. The number of esters is 3. The minimum atomic E-state index is -0.796. The molecule has 6 nitrogen and oxygen atoms in total. The van der Waals surface area contributed by atoms with Gasteiger partial charge in [-0.25, -0.2) is 0 Å². The SMILES string of the molecule is CC/C=C\C/C=C\C/C=C\C/C=C\CCCCC(=O)O[C@@H](COC(=O)CCCCCCCCCCC/C=C\C/C=C\CCCCC)COC(=O)CCCCCCCCCCCCC. The fraction of sp³-hybridized carbons (Fsp3) is 0.737. The van der Waals surface area contributed by atoms with Gasteiger partial charge in [-0.05, 0) is 89.9 Å². The molecule has 63 heavy (non-hydrogen) atoms. The molecule has 0 aromatic rings. The molecule has 0 radical (unpaired) electrons. The van der Waals surface area contributed by atoms with E-state index in [9.17, 15) is 14.4 Å². The quantitative estimate of drug-likeness (QED) is 0.0262. The third-order valence-corrected chi connectivity index (χ3v) is 11.2. The summed E-state index contributed by atoms with van der Waals surface area (Å²) in [5, 5.41) is 0. The molecule has 0 saturated carbocycles. The maximum Gasteiger partial charge on any atom is 0.306 e. The predicted octanol–water partition coefficient (Wildman–Crippen LogP) is 17.4. The van der Waals surface area contributed by atoms with Crippen LogP contribution in [0, 0.1) is 0 Å². The Bertz CT molecular complexity index is 1190. The number of rotatable bonds is 47. The van der Waals surface area contributed by atoms with E-state index < -0.39 is 6.10 Å². The van der Waals surface area contributed by atoms with Crippen LogP contribution in [-0.2, 0) is 28.6 Å². The summed E-state index contributed by atoms with van der Waals surface area (Å²) in [4.78, 5) is 38.0. The Morgan fingerprint density at radius 2 is 0.619 bits per heavy atom. The molecule has 0 amide bonds. The number of unbranched alkanes of at least 4 members (excludes halogenated alkanes) is 24. The number of hydrogen-bond donors (Lipinski definition) is 0. The van der Waals surface area contributed by atoms with Crippen LogP contribution in [0.25, 0.3) is 0 Å². The van der Waals surface area contributed by atoms with Crippen molar-refractivity contribution in [1.29, 1.82) is 0 Å². The summed E-state index contributed by atoms with van der Waals surface area (Å²) < 4.78 is 16.8. The van der Waals surface area contributed by atoms with Gasteiger partial charge in [0.05, 0.1) is 0 Å². The van der Waals surface area contributed by atoms with Crippen LogP contribution in [0.4, 0.5) is 0 Å². The van der Waals surface area contributed by atoms with Crippen LogP contribution in [0.1, 0.15) is 252 Å². The van der Waals surface area contributed by atoms with Crippen LogP contribution < -0.4 is 0 Å². The number of allylic oxidation sites excluding steroid dienone is 12. The molecule has 1 atom stereocenters. The van der Waals surface area contributed by atoms with Gasteiger partial charge in [0, 0.05) is 19.3 Å². The van der Waals surface area contributed by atoms with E-state index >= 15 is 0 Å². The summed E-state index contributed by atoms with van der Waals surface area (Å²) in [6, 6.07) is 0. The van der Waals surface area contributed by atoms with E-state index in [1.165, 1.54) is 122 Å². The highest BCUT2D eigenvalue weighted by Gasteiger charge is 2.19. The van der Waals surface area contributed by atoms with Crippen LogP contribution >= 0.6 is 0 Å². The van der Waals surface area contributed by atoms with Crippen LogP contribution in [0.2, 0.25) is 0 Å². The molecule has 0 spiro atoms. The Morgan fingerprint density at radius 1 is 0.333 bits per heavy atom. The second-order valence-corrected chi connectivity index (χ2v) is 17.4. The molecule has 0 saturated heterocycles. The number of hydrogen-bond acceptors (Lipinski definition) is 6. The van der Waals surface area contributed by atoms with Crippen LogP contribution in [0.15, 0.2) is 72.9 Å². The monoisotopic (exact) mass is 879 g/mol. The van der Waals surface area contributed by atoms with Crippen LogP contribution in [-0.4, -0.2) is 37.2 Å². The Morgan fingerprint density at radius 3 is 1.03 bits per heavy atom. The molecule has 0 heterocycles. The summed E-state index contributed by atoms with van der Waals surface area (Å²) >= 11 is 0. The van der Waals surface area contributed by atoms with Gasteiger partial charge >= 0.3 is 17.9 Å². The molecular formula is C57H98O6. The van der Waals surface area contributed by atoms with Gasteiger partial charge in [0.1, 0.15) is 13.2 Å². The van der Waals surface area contributed by atoms with Crippen molar-refractivity contribution in [3.63, 3.8) is 0 Å². The van der Waals surface area contributed by atoms with Crippen molar-refractivity contribution in [1.82, 2.24) is 0 Å². The average molecular weight is 879 g/mol. The van der Waals surface area contributed by atoms with E-state index in [0.29, 0.717) is 19.3 Å². The Kier molecular flexibility index (Phi) is 48.9. The second-order valence-electron chi connectivity index (χ2n) is 17.4. The Hall–Kier alpha value is -3.15. The molecule has 0 fully saturated rings. The van der Waals surface area contributed by atoms with Gasteiger partial charge in [-0.1, -0.05) is 216 Å². The second kappa shape index (κ2) is 51.5. The summed E-state index contributed by atoms with van der Waals surface area (Å²) in [6.45, 7) is 6.46. The molecule has 0 N–H and O–H groups in total. The van der Waals surface area contributed by atoms with Gasteiger partial charge in [-0.3, -0.25) is 14.4 Å². The van der Waals surface area contributed by atoms with Crippen molar-refractivity contribution in [3.05, 3.63) is 72.9 Å². The molecule has 6 heteroatoms. The maximum atomic E-state index is 12.8. The van der Waals surface area contributed by atoms with Gasteiger partial charge in [0.25, 0.3) is 0 Å². The van der Waals surface area contributed by atoms with Gasteiger partial charge in [0.2, 0.25) is 0 Å². The molecule has 0 aromatic heterocycles. The lowest BCUT2D eigenvalue weighted by Crippen LogP contribution is -2.30. The number of carbonyl (C=O) groups excluding carboxylic acids is 3. The fourth-order valence-corrected chi connectivity index (χ4v) is 7.23. The third kappa shape index (κ3) is 49.7. The Balaban J connectivity index is 4.40. The molecule has 0 aliphatic rings. The number of ether oxygens (including phenoxy) is 3. The smallest absolute Gasteiger partial charge is 0.306 e. The van der Waals surface area contributed by atoms with Crippen molar-refractivity contribution in [3.8, 4) is 0 Å². The largest absolute Gasteiger partial charge is 0.462 e. The van der Waals surface area contributed by atoms with E-state index in [1.807, 2.05) is 0 Å². The molecule has 0 unspecified atom stereocenters. The molecule has 0 aliphatic carbocycles. The summed E-state index contributed by atoms with van der Waals surface area (Å²) in [7, 11) is 0. The highest BCUT2D eigenvalue weighted by atomic mass is 16.6. The van der Waals surface area contributed by atoms with Crippen molar-refractivity contribution in [2.45, 2.75) is 258 Å². The van der Waals surface area contributed by atoms with Gasteiger partial charge in [-0.15, -0.1) is 0 Å². The predicted molar refractivity (Wildman–Crippen MR) is 270 cm³/mol. The van der Waals surface area contributed by atoms with E-state index in [1.54, 1.807) is 0 Å². The number of carbonyl (C=O) groups is 3. The normalized spacial score (nSPS) is 12.6. The zero-order chi connectivity index (χ0) is 45.8. The van der Waals surface area contributed by atoms with Crippen LogP contribution in [0.3, 0.4) is 0 Å². The fourth-order valence-electron chi connectivity index (χ4n) is 7.23. The Labute approximate surface area is 389 Å². The lowest BCUT2D eigenvalue weighted by Gasteiger charge is -2.18. The minimum absolute atomic E-state index is 0.0919. The molecular weight excluding hydrogens is 781 g/mol. The first-order chi connectivity index (χ1) is 31.0. The highest BCUT2D eigenvalue weighted by Crippen LogP contribution is 2.15. The molecule has 0 aliphatic heterocycles. The summed E-state index contributed by atoms with van der Waals surface area (Å²) in [6.07, 6.45) is 64.6. The topological polar surface area (TPSA) is 78.9 Å². The standard InChI is InChI=1S/C57H98O6/c1-4-7-10-13-16-19-22-24-26-27-28-29-31-32-35-38-41-44-47-50-56(59)62-53-54(52-61-55(58)49-46-43-40-37-34-21-18-15-12-9-6-3)63-57(60)51-48-45-42-39-36-33-30-25-23-20-17-14-11-8-5-2/h8,11,16-17,19-20,24-26,30,36,39,54H,4-7,9-10,12-15,18,21-23,27-29,31-35,37-38,40-53H2,1-3H3/b11-8-,19-16-,20-17-,26-24-,30-25-,39-36-/t54-/m1/s1. The van der Waals surface area contributed by atoms with E-state index in [0.717, 1.165) is 83.5 Å². The van der Waals surface area contributed by atoms with Gasteiger partial charge in [0.15, 0.2) is 6.10 Å². The lowest BCUT2D eigenvalue weighted by atomic mass is 10.1. The summed E-state index contributed by atoms with van der Waals surface area (Å²) in [5.74, 6) is -0.936. The van der Waals surface area contributed by atoms with E-state index in [4.69, 9.17) is 14.2 Å². The average Bonchev–Trinajstić information content (AvgIpc) is 3.28. The first kappa shape index (κ1) is 59.9. The van der Waals surface area contributed by atoms with Crippen LogP contribution in [0.5, 0.6) is 0 Å². The molecule has 362 valence electrons. The molecule has 0 rings (SSSR count). The van der Waals surface area contributed by atoms with Crippen molar-refractivity contribution >= 4 is 17.9 Å². The third-order valence-electron chi connectivity index (χ3n) is 11.2. The summed E-state index contributed by atoms with van der Waals surface area (Å²) in [5.41, 5.74) is 0. The lowest BCUT2D eigenvalue weighted by molar-refractivity contribution is -0.167. The molecule has 0 aromatic carbocycles. The van der Waals surface area contributed by atoms with Crippen molar-refractivity contribution < 1.29 is 28.6 Å². The van der Waals surface area contributed by atoms with Gasteiger partial charge < -0.3 is 14.2 Å². The minimum Gasteiger partial charge on any atom is -0.462 e. The van der Waals surface area contributed by atoms with Gasteiger partial charge in [-0.2, -0.15) is 0 Å². The van der Waals surface area contributed by atoms with E-state index in [-0.39, 0.29) is 37.5 Å². The van der Waals surface area contributed by atoms with E-state index in [2.05, 4.69) is 93.7 Å². The highest BCUT2D eigenvalue weighted by molar-refractivity contribution is 5.71. The van der Waals surface area contributed by atoms with Crippen molar-refractivity contribution in [2.24, 2.45) is 0 Å². The first-order valence-electron chi connectivity index (χ1n) is 26.4.